The van der Waals surface area contributed by atoms with Gasteiger partial charge in [0.2, 0.25) is 0 Å². The molecule has 2 rings (SSSR count). The number of hydrogen-bond acceptors (Lipinski definition) is 3. The topological polar surface area (TPSA) is 47.2 Å². The fraction of sp³-hybridized carbons (Fsp3) is 0.100. The van der Waals surface area contributed by atoms with Crippen LogP contribution in [0.5, 0.6) is 0 Å². The molecule has 14 heavy (non-hydrogen) atoms. The highest BCUT2D eigenvalue weighted by Gasteiger charge is 2.05. The number of benzene rings is 1. The van der Waals surface area contributed by atoms with Gasteiger partial charge in [-0.25, -0.2) is 4.68 Å². The number of nitrogens with zero attached hydrogens (tertiary/aromatic N) is 3. The summed E-state index contributed by atoms with van der Waals surface area (Å²) >= 11 is 0. The third-order valence-electron chi connectivity index (χ3n) is 1.99. The number of nitroso groups, excluding NO2 is 1. The fourth-order valence-corrected chi connectivity index (χ4v) is 1.25. The second-order valence-corrected chi connectivity index (χ2v) is 2.97. The zero-order valence-electron chi connectivity index (χ0n) is 7.71. The average Bonchev–Trinajstić information content (AvgIpc) is 2.61. The van der Waals surface area contributed by atoms with Gasteiger partial charge in [0.05, 0.1) is 17.6 Å². The van der Waals surface area contributed by atoms with Crippen LogP contribution in [-0.4, -0.2) is 9.78 Å². The maximum Gasteiger partial charge on any atom is 0.149 e. The van der Waals surface area contributed by atoms with Crippen molar-refractivity contribution in [3.05, 3.63) is 47.1 Å². The van der Waals surface area contributed by atoms with Crippen LogP contribution in [0.4, 0.5) is 5.69 Å². The third-order valence-corrected chi connectivity index (χ3v) is 1.99. The van der Waals surface area contributed by atoms with Gasteiger partial charge in [-0.05, 0) is 24.2 Å². The first-order valence-corrected chi connectivity index (χ1v) is 4.26. The quantitative estimate of drug-likeness (QED) is 0.678. The van der Waals surface area contributed by atoms with E-state index in [-0.39, 0.29) is 0 Å². The molecule has 0 unspecified atom stereocenters. The Labute approximate surface area is 81.2 Å². The highest BCUT2D eigenvalue weighted by Crippen LogP contribution is 2.18. The maximum absolute atomic E-state index is 10.4. The molecule has 0 bridgehead atoms. The molecule has 4 nitrogen and oxygen atoms in total. The molecular weight excluding hydrogens is 178 g/mol. The monoisotopic (exact) mass is 187 g/mol. The van der Waals surface area contributed by atoms with Crippen LogP contribution < -0.4 is 0 Å². The van der Waals surface area contributed by atoms with Crippen molar-refractivity contribution in [2.24, 2.45) is 5.18 Å². The summed E-state index contributed by atoms with van der Waals surface area (Å²) in [5, 5.41) is 7.06. The Morgan fingerprint density at radius 3 is 2.57 bits per heavy atom. The van der Waals surface area contributed by atoms with Gasteiger partial charge in [-0.15, -0.1) is 4.91 Å². The number of para-hydroxylation sites is 1. The van der Waals surface area contributed by atoms with Crippen molar-refractivity contribution in [1.82, 2.24) is 9.78 Å². The van der Waals surface area contributed by atoms with Crippen molar-refractivity contribution < 1.29 is 0 Å². The van der Waals surface area contributed by atoms with E-state index in [1.807, 2.05) is 30.3 Å². The molecule has 0 saturated heterocycles. The molecule has 0 aliphatic carbocycles. The number of aryl methyl sites for hydroxylation is 1. The van der Waals surface area contributed by atoms with Gasteiger partial charge in [0.15, 0.2) is 0 Å². The Bertz CT molecular complexity index is 448. The van der Waals surface area contributed by atoms with Gasteiger partial charge >= 0.3 is 0 Å². The minimum atomic E-state index is 0.383. The Balaban J connectivity index is 2.48. The van der Waals surface area contributed by atoms with E-state index in [9.17, 15) is 4.91 Å². The van der Waals surface area contributed by atoms with Gasteiger partial charge in [-0.1, -0.05) is 18.2 Å². The van der Waals surface area contributed by atoms with Crippen molar-refractivity contribution in [2.45, 2.75) is 6.92 Å². The summed E-state index contributed by atoms with van der Waals surface area (Å²) in [4.78, 5) is 10.4. The highest BCUT2D eigenvalue weighted by atomic mass is 16.3. The minimum Gasteiger partial charge on any atom is -0.238 e. The van der Waals surface area contributed by atoms with Crippen LogP contribution in [0.25, 0.3) is 5.69 Å². The van der Waals surface area contributed by atoms with Crippen LogP contribution in [0.1, 0.15) is 5.69 Å². The molecule has 0 fully saturated rings. The van der Waals surface area contributed by atoms with E-state index in [1.54, 1.807) is 17.8 Å². The summed E-state index contributed by atoms with van der Waals surface area (Å²) in [5.41, 5.74) is 1.95. The lowest BCUT2D eigenvalue weighted by molar-refractivity contribution is 0.863. The fourth-order valence-electron chi connectivity index (χ4n) is 1.25. The van der Waals surface area contributed by atoms with E-state index in [0.29, 0.717) is 11.4 Å². The van der Waals surface area contributed by atoms with Crippen molar-refractivity contribution in [1.29, 1.82) is 0 Å². The van der Waals surface area contributed by atoms with Crippen molar-refractivity contribution >= 4 is 5.69 Å². The molecule has 0 aliphatic heterocycles. The average molecular weight is 187 g/mol. The molecule has 1 aromatic carbocycles. The Morgan fingerprint density at radius 1 is 1.29 bits per heavy atom. The van der Waals surface area contributed by atoms with E-state index < -0.39 is 0 Å². The molecule has 0 spiro atoms. The molecule has 1 heterocycles. The van der Waals surface area contributed by atoms with Crippen molar-refractivity contribution in [2.75, 3.05) is 0 Å². The predicted molar refractivity (Wildman–Crippen MR) is 53.8 cm³/mol. The zero-order valence-corrected chi connectivity index (χ0v) is 7.71. The summed E-state index contributed by atoms with van der Waals surface area (Å²) in [6.07, 6.45) is 1.62. The van der Waals surface area contributed by atoms with Gasteiger partial charge in [-0.3, -0.25) is 0 Å². The summed E-state index contributed by atoms with van der Waals surface area (Å²) in [6, 6.07) is 9.60. The van der Waals surface area contributed by atoms with Crippen LogP contribution in [-0.2, 0) is 0 Å². The molecule has 0 aliphatic rings. The minimum absolute atomic E-state index is 0.383. The first-order chi connectivity index (χ1) is 6.81. The van der Waals surface area contributed by atoms with Crippen molar-refractivity contribution in [3.8, 4) is 5.69 Å². The van der Waals surface area contributed by atoms with Crippen LogP contribution in [0.15, 0.2) is 41.7 Å². The molecule has 70 valence electrons. The SMILES string of the molecule is Cc1nn(-c2ccccc2)cc1N=O. The van der Waals surface area contributed by atoms with Crippen LogP contribution in [0.2, 0.25) is 0 Å². The van der Waals surface area contributed by atoms with Gasteiger partial charge in [0, 0.05) is 0 Å². The van der Waals surface area contributed by atoms with Gasteiger partial charge in [0.25, 0.3) is 0 Å². The molecule has 2 aromatic rings. The Hall–Kier alpha value is -1.97. The molecule has 0 atom stereocenters. The second-order valence-electron chi connectivity index (χ2n) is 2.97. The molecule has 0 N–H and O–H groups in total. The highest BCUT2D eigenvalue weighted by molar-refractivity contribution is 5.42. The standard InChI is InChI=1S/C10H9N3O/c1-8-10(12-14)7-13(11-8)9-5-3-2-4-6-9/h2-7H,1H3. The number of hydrogen-bond donors (Lipinski definition) is 0. The molecule has 0 radical (unpaired) electrons. The first kappa shape index (κ1) is 8.62. The lowest BCUT2D eigenvalue weighted by atomic mass is 10.3. The number of aromatic nitrogens is 2. The van der Waals surface area contributed by atoms with Gasteiger partial charge in [-0.2, -0.15) is 5.10 Å². The number of rotatable bonds is 2. The molecule has 1 aromatic heterocycles. The van der Waals surface area contributed by atoms with Crippen LogP contribution in [0.3, 0.4) is 0 Å². The lowest BCUT2D eigenvalue weighted by Crippen LogP contribution is -1.93. The van der Waals surface area contributed by atoms with E-state index in [0.717, 1.165) is 5.69 Å². The lowest BCUT2D eigenvalue weighted by Gasteiger charge is -1.98. The van der Waals surface area contributed by atoms with Gasteiger partial charge in [0.1, 0.15) is 5.69 Å². The molecule has 0 saturated carbocycles. The Kier molecular flexibility index (Phi) is 2.10. The molecular formula is C10H9N3O. The second kappa shape index (κ2) is 3.41. The molecule has 4 heteroatoms. The Morgan fingerprint density at radius 2 is 2.00 bits per heavy atom. The summed E-state index contributed by atoms with van der Waals surface area (Å²) in [7, 11) is 0. The van der Waals surface area contributed by atoms with E-state index >= 15 is 0 Å². The third kappa shape index (κ3) is 1.42. The normalized spacial score (nSPS) is 10.1. The van der Waals surface area contributed by atoms with Gasteiger partial charge < -0.3 is 0 Å². The van der Waals surface area contributed by atoms with E-state index in [4.69, 9.17) is 0 Å². The van der Waals surface area contributed by atoms with Crippen LogP contribution >= 0.6 is 0 Å². The summed E-state index contributed by atoms with van der Waals surface area (Å²) < 4.78 is 1.64. The molecule has 0 amide bonds. The predicted octanol–water partition coefficient (Wildman–Crippen LogP) is 2.58. The smallest absolute Gasteiger partial charge is 0.149 e. The summed E-state index contributed by atoms with van der Waals surface area (Å²) in [6.45, 7) is 1.76. The largest absolute Gasteiger partial charge is 0.238 e. The first-order valence-electron chi connectivity index (χ1n) is 4.26. The van der Waals surface area contributed by atoms with E-state index in [2.05, 4.69) is 10.3 Å². The van der Waals surface area contributed by atoms with E-state index in [1.165, 1.54) is 0 Å². The van der Waals surface area contributed by atoms with Crippen molar-refractivity contribution in [3.63, 3.8) is 0 Å². The van der Waals surface area contributed by atoms with Crippen LogP contribution in [0, 0.1) is 11.8 Å². The summed E-state index contributed by atoms with van der Waals surface area (Å²) in [5.74, 6) is 0. The zero-order chi connectivity index (χ0) is 9.97. The maximum atomic E-state index is 10.4.